The highest BCUT2D eigenvalue weighted by molar-refractivity contribution is 7.88. The van der Waals surface area contributed by atoms with Crippen LogP contribution >= 0.6 is 0 Å². The maximum Gasteiger partial charge on any atom is 0.422 e. The third-order valence-corrected chi connectivity index (χ3v) is 30.6. The summed E-state index contributed by atoms with van der Waals surface area (Å²) in [5.41, 5.74) is 14.7. The quantitative estimate of drug-likeness (QED) is 0.0531. The average molecular weight is 1790 g/mol. The second-order valence-electron chi connectivity index (χ2n) is 34.8. The van der Waals surface area contributed by atoms with Crippen LogP contribution in [0.1, 0.15) is 234 Å². The molecule has 9 aromatic rings. The number of hydrogen-bond acceptors (Lipinski definition) is 16. The van der Waals surface area contributed by atoms with Crippen LogP contribution in [0.25, 0.3) is 66.5 Å². The van der Waals surface area contributed by atoms with Gasteiger partial charge in [0, 0.05) is 96.3 Å². The predicted molar refractivity (Wildman–Crippen MR) is 480 cm³/mol. The van der Waals surface area contributed by atoms with Crippen molar-refractivity contribution in [2.75, 3.05) is 68.3 Å². The van der Waals surface area contributed by atoms with E-state index in [9.17, 15) is 72.3 Å². The Morgan fingerprint density at radius 1 is 0.384 bits per heavy atom. The molecule has 7 fully saturated rings. The van der Waals surface area contributed by atoms with E-state index in [4.69, 9.17) is 9.88 Å². The van der Waals surface area contributed by atoms with E-state index in [0.29, 0.717) is 70.1 Å². The van der Waals surface area contributed by atoms with Gasteiger partial charge < -0.3 is 39.5 Å². The Labute approximate surface area is 729 Å². The van der Waals surface area contributed by atoms with E-state index in [1.807, 2.05) is 103 Å². The van der Waals surface area contributed by atoms with Crippen LogP contribution in [-0.2, 0) is 79.6 Å². The van der Waals surface area contributed by atoms with Gasteiger partial charge in [0.1, 0.15) is 25.2 Å². The number of rotatable bonds is 13. The lowest BCUT2D eigenvalue weighted by Crippen LogP contribution is -2.44. The van der Waals surface area contributed by atoms with Gasteiger partial charge in [-0.15, -0.1) is 0 Å². The summed E-state index contributed by atoms with van der Waals surface area (Å²) in [6.07, 6.45) is 23.3. The summed E-state index contributed by atoms with van der Waals surface area (Å²) in [5.74, 6) is -1.42. The molecule has 3 saturated carbocycles. The normalized spacial score (nSPS) is 18.7. The van der Waals surface area contributed by atoms with Crippen molar-refractivity contribution in [1.29, 1.82) is 0 Å². The molecule has 0 bridgehead atoms. The molecule has 7 aliphatic heterocycles. The second-order valence-corrected chi connectivity index (χ2v) is 41.3. The molecule has 6 amide bonds. The molecule has 9 N–H and O–H groups in total. The molecule has 125 heavy (non-hydrogen) atoms. The largest absolute Gasteiger partial charge is 0.478 e. The number of aromatic carboxylic acids is 1. The number of nitrogens with one attached hydrogen (secondary N) is 6. The smallest absolute Gasteiger partial charge is 0.422 e. The van der Waals surface area contributed by atoms with Crippen molar-refractivity contribution in [1.82, 2.24) is 45.1 Å². The Bertz CT molecular complexity index is 5910. The first kappa shape index (κ1) is 89.5. The fraction of sp³-hybridized carbons (Fsp3) is 0.456. The molecule has 10 aliphatic rings. The van der Waals surface area contributed by atoms with Crippen molar-refractivity contribution >= 4 is 132 Å². The molecule has 666 valence electrons. The van der Waals surface area contributed by atoms with Gasteiger partial charge in [-0.25, -0.2) is 28.9 Å². The number of hydrogen-bond donors (Lipinski definition) is 8. The predicted octanol–water partition coefficient (Wildman–Crippen LogP) is 13.9. The van der Waals surface area contributed by atoms with E-state index < -0.39 is 70.3 Å². The molecule has 35 heteroatoms. The first-order chi connectivity index (χ1) is 59.8. The van der Waals surface area contributed by atoms with E-state index in [-0.39, 0.29) is 54.0 Å². The fourth-order valence-corrected chi connectivity index (χ4v) is 23.7. The SMILES string of the molecule is CC(C)(C)OC(=O)NS(=O)(=O)N1CCCC1.NS(=O)(=O)N1CCCC1.O=C1Cn2c(c(C3CCCCC3)c3ccc(C(=O)NS(=O)(=O)N4CCCC4)cc32)-c2ccccc2N1.O=C1Cn2c(c(C3CCCCC3)c3ccc(C(=O)NS(=O)(=O)N4CCCC4)cc32)-c2ccccc2N1.O=C1Cn2c(c(C3CCCCC3)c3ccc(C(=O)O)cc32)-c2ccccc2N1. The second kappa shape index (κ2) is 37.7. The summed E-state index contributed by atoms with van der Waals surface area (Å²) in [5, 5.41) is 26.5. The van der Waals surface area contributed by atoms with Gasteiger partial charge in [0.05, 0.1) is 56.3 Å². The number of aromatic nitrogens is 3. The van der Waals surface area contributed by atoms with Crippen LogP contribution in [0.2, 0.25) is 0 Å². The van der Waals surface area contributed by atoms with E-state index in [1.165, 1.54) is 91.7 Å². The van der Waals surface area contributed by atoms with Gasteiger partial charge in [0.25, 0.3) is 22.0 Å². The highest BCUT2D eigenvalue weighted by Crippen LogP contribution is 2.51. The Kier molecular flexibility index (Phi) is 27.0. The number of nitrogens with two attached hydrogens (primary N) is 1. The minimum atomic E-state index is -3.88. The molecule has 0 radical (unpaired) electrons. The number of nitrogens with zero attached hydrogens (tertiary/aromatic N) is 7. The van der Waals surface area contributed by atoms with Crippen molar-refractivity contribution in [2.24, 2.45) is 5.14 Å². The summed E-state index contributed by atoms with van der Waals surface area (Å²) in [6, 6.07) is 39.7. The number of carboxylic acid groups (broad SMARTS) is 1. The molecule has 4 saturated heterocycles. The van der Waals surface area contributed by atoms with E-state index >= 15 is 0 Å². The van der Waals surface area contributed by atoms with E-state index in [1.54, 1.807) is 57.2 Å². The lowest BCUT2D eigenvalue weighted by Gasteiger charge is -2.23. The number of anilines is 3. The highest BCUT2D eigenvalue weighted by Gasteiger charge is 2.38. The number of carbonyl (C=O) groups is 7. The third kappa shape index (κ3) is 20.1. The molecule has 0 spiro atoms. The molecular weight excluding hydrogens is 1680 g/mol. The number of amides is 6. The summed E-state index contributed by atoms with van der Waals surface area (Å²) in [6.45, 7) is 9.28. The minimum absolute atomic E-state index is 0.0842. The first-order valence-corrected chi connectivity index (χ1v) is 49.4. The zero-order valence-electron chi connectivity index (χ0n) is 70.7. The topological polar surface area (TPSA) is 411 Å². The van der Waals surface area contributed by atoms with Gasteiger partial charge in [-0.2, -0.15) is 50.9 Å². The number of ether oxygens (including phenoxy) is 1. The van der Waals surface area contributed by atoms with Gasteiger partial charge in [-0.1, -0.05) is 131 Å². The van der Waals surface area contributed by atoms with Crippen molar-refractivity contribution < 1.29 is 77.1 Å². The molecule has 0 unspecified atom stereocenters. The summed E-state index contributed by atoms with van der Waals surface area (Å²) in [4.78, 5) is 87.4. The number of fused-ring (bicyclic) bond motifs is 15. The van der Waals surface area contributed by atoms with Crippen LogP contribution < -0.4 is 35.3 Å². The Morgan fingerprint density at radius 2 is 0.664 bits per heavy atom. The summed E-state index contributed by atoms with van der Waals surface area (Å²) >= 11 is 0. The maximum absolute atomic E-state index is 13.1. The van der Waals surface area contributed by atoms with Crippen molar-refractivity contribution in [3.05, 3.63) is 161 Å². The number of para-hydroxylation sites is 3. The molecule has 3 aromatic heterocycles. The maximum atomic E-state index is 13.1. The lowest BCUT2D eigenvalue weighted by molar-refractivity contribution is -0.117. The van der Waals surface area contributed by atoms with Crippen LogP contribution in [0.4, 0.5) is 21.9 Å². The van der Waals surface area contributed by atoms with Gasteiger partial charge in [-0.05, 0) is 200 Å². The third-order valence-electron chi connectivity index (χ3n) is 25.1. The van der Waals surface area contributed by atoms with Crippen LogP contribution in [0.15, 0.2) is 127 Å². The molecule has 31 nitrogen and oxygen atoms in total. The zero-order chi connectivity index (χ0) is 88.3. The molecule has 6 aromatic carbocycles. The van der Waals surface area contributed by atoms with Gasteiger partial charge in [-0.3, -0.25) is 24.0 Å². The van der Waals surface area contributed by atoms with Crippen molar-refractivity contribution in [3.8, 4) is 33.8 Å². The summed E-state index contributed by atoms with van der Waals surface area (Å²) in [7, 11) is -14.9. The molecule has 19 rings (SSSR count). The number of carbonyl (C=O) groups excluding carboxylic acids is 6. The minimum Gasteiger partial charge on any atom is -0.478 e. The van der Waals surface area contributed by atoms with Gasteiger partial charge in [0.15, 0.2) is 0 Å². The van der Waals surface area contributed by atoms with Crippen LogP contribution in [0.5, 0.6) is 0 Å². The van der Waals surface area contributed by atoms with Crippen LogP contribution in [0, 0.1) is 0 Å². The fourth-order valence-electron chi connectivity index (χ4n) is 19.4. The first-order valence-electron chi connectivity index (χ1n) is 43.6. The number of carboxylic acids is 1. The van der Waals surface area contributed by atoms with Crippen LogP contribution in [-0.4, -0.2) is 169 Å². The van der Waals surface area contributed by atoms with Crippen LogP contribution in [0.3, 0.4) is 0 Å². The molecule has 0 atom stereocenters. The van der Waals surface area contributed by atoms with Gasteiger partial charge >= 0.3 is 42.7 Å². The molecular formula is C90H110N14O17S4. The number of benzene rings is 6. The standard InChI is InChI=1S/2C27H30N4O4S.C23H22N2O3.C9H18N2O4S.C4H10N2O2S/c2*32-24-17-31-23-16-19(27(33)29-36(34,35)30-14-6-7-15-30)12-13-21(23)25(18-8-2-1-3-9-18)26(31)20-10-4-5-11-22(20)28-24;26-20-13-25-19-12-15(23(27)28)10-11-17(19)21(14-6-2-1-3-7-14)22(25)16-8-4-5-9-18(16)24-20;1-9(2,3)15-8(12)10-16(13,14)11-6-4-5-7-11;5-9(7,8)6-3-1-2-4-6/h2*4-5,10-13,16,18H,1-3,6-9,14-15,17H2,(H,28,32)(H,29,33);4-5,8-12,14H,1-3,6-7,13H2,(H,24,26)(H,27,28);4-7H2,1-3H3,(H,10,12);1-4H2,(H2,5,7,8). The summed E-state index contributed by atoms with van der Waals surface area (Å²) < 4.78 is 118. The van der Waals surface area contributed by atoms with E-state index in [2.05, 4.69) is 31.5 Å². The molecule has 10 heterocycles. The Hall–Kier alpha value is -10.4. The van der Waals surface area contributed by atoms with Crippen molar-refractivity contribution in [3.63, 3.8) is 0 Å². The molecule has 3 aliphatic carbocycles. The zero-order valence-corrected chi connectivity index (χ0v) is 74.0. The lowest BCUT2D eigenvalue weighted by atomic mass is 9.81. The Balaban J connectivity index is 0.000000128. The van der Waals surface area contributed by atoms with Gasteiger partial charge in [0.2, 0.25) is 17.7 Å². The van der Waals surface area contributed by atoms with Crippen molar-refractivity contribution in [2.45, 2.75) is 211 Å². The Morgan fingerprint density at radius 3 is 0.952 bits per heavy atom. The van der Waals surface area contributed by atoms with E-state index in [0.717, 1.165) is 173 Å². The average Bonchev–Trinajstić information content (AvgIpc) is 1.58. The monoisotopic (exact) mass is 1790 g/mol. The highest BCUT2D eigenvalue weighted by atomic mass is 32.2.